The van der Waals surface area contributed by atoms with Gasteiger partial charge in [0, 0.05) is 0 Å². The molecule has 0 heterocycles. The van der Waals surface area contributed by atoms with Gasteiger partial charge in [-0.25, -0.2) is 25.0 Å². The average Bonchev–Trinajstić information content (AvgIpc) is 2.04. The molecule has 0 fully saturated rings. The van der Waals surface area contributed by atoms with Crippen LogP contribution in [0.1, 0.15) is 13.8 Å². The predicted octanol–water partition coefficient (Wildman–Crippen LogP) is 0.134. The first kappa shape index (κ1) is 12.1. The van der Waals surface area contributed by atoms with Gasteiger partial charge in [0.15, 0.2) is 10.1 Å². The van der Waals surface area contributed by atoms with Crippen molar-refractivity contribution in [2.75, 3.05) is 13.1 Å². The predicted molar refractivity (Wildman–Crippen MR) is 44.1 cm³/mol. The second-order valence-electron chi connectivity index (χ2n) is 2.19. The molecule has 0 spiro atoms. The van der Waals surface area contributed by atoms with E-state index in [1.807, 2.05) is 0 Å². The molecule has 0 aromatic heterocycles. The molecule has 2 amide bonds. The molecular weight excluding hydrogens is 196 g/mol. The molecule has 0 radical (unpaired) electrons. The minimum atomic E-state index is -1.25. The van der Waals surface area contributed by atoms with Crippen molar-refractivity contribution in [3.8, 4) is 0 Å². The average molecular weight is 206 g/mol. The number of urea groups is 1. The lowest BCUT2D eigenvalue weighted by Gasteiger charge is -2.13. The topological polar surface area (TPSA) is 110 Å². The molecule has 0 unspecified atom stereocenters. The second kappa shape index (κ2) is 4.94. The highest BCUT2D eigenvalue weighted by Gasteiger charge is 2.34. The van der Waals surface area contributed by atoms with Gasteiger partial charge in [0.1, 0.15) is 0 Å². The highest BCUT2D eigenvalue weighted by Crippen LogP contribution is 1.99. The maximum absolute atomic E-state index is 11.2. The second-order valence-corrected chi connectivity index (χ2v) is 2.19. The molecule has 14 heavy (non-hydrogen) atoms. The van der Waals surface area contributed by atoms with Gasteiger partial charge in [0.25, 0.3) is 0 Å². The van der Waals surface area contributed by atoms with Crippen LogP contribution >= 0.6 is 0 Å². The molecule has 9 heteroatoms. The molecule has 9 nitrogen and oxygen atoms in total. The standard InChI is InChI=1S/C5H10N4O5/c1-3-6(8(11)12)5(10)7(4-2)9(13)14/h3-4H2,1-2H3. The van der Waals surface area contributed by atoms with Crippen LogP contribution in [0.3, 0.4) is 0 Å². The van der Waals surface area contributed by atoms with Crippen molar-refractivity contribution in [2.45, 2.75) is 13.8 Å². The van der Waals surface area contributed by atoms with Gasteiger partial charge in [0.2, 0.25) is 0 Å². The zero-order valence-electron chi connectivity index (χ0n) is 7.74. The molecule has 80 valence electrons. The van der Waals surface area contributed by atoms with Crippen LogP contribution in [-0.2, 0) is 0 Å². The molecule has 0 bridgehead atoms. The lowest BCUT2D eigenvalue weighted by molar-refractivity contribution is -0.666. The first-order chi connectivity index (χ1) is 6.45. The summed E-state index contributed by atoms with van der Waals surface area (Å²) in [6, 6.07) is -1.25. The summed E-state index contributed by atoms with van der Waals surface area (Å²) in [5.74, 6) is 0. The Labute approximate surface area is 79.1 Å². The first-order valence-corrected chi connectivity index (χ1v) is 3.83. The third-order valence-corrected chi connectivity index (χ3v) is 1.43. The molecule has 0 aromatic rings. The molecule has 0 N–H and O–H groups in total. The van der Waals surface area contributed by atoms with E-state index in [1.54, 1.807) is 0 Å². The Hall–Kier alpha value is -1.93. The highest BCUT2D eigenvalue weighted by atomic mass is 16.7. The van der Waals surface area contributed by atoms with Crippen LogP contribution in [0.5, 0.6) is 0 Å². The van der Waals surface area contributed by atoms with Crippen molar-refractivity contribution < 1.29 is 14.9 Å². The van der Waals surface area contributed by atoms with Gasteiger partial charge in [0.05, 0.1) is 13.1 Å². The minimum Gasteiger partial charge on any atom is -0.237 e. The van der Waals surface area contributed by atoms with Crippen molar-refractivity contribution in [1.29, 1.82) is 0 Å². The number of carbonyl (C=O) groups excluding carboxylic acids is 1. The summed E-state index contributed by atoms with van der Waals surface area (Å²) in [6.07, 6.45) is 0. The van der Waals surface area contributed by atoms with Gasteiger partial charge < -0.3 is 0 Å². The van der Waals surface area contributed by atoms with E-state index in [0.29, 0.717) is 0 Å². The van der Waals surface area contributed by atoms with Crippen molar-refractivity contribution in [2.24, 2.45) is 0 Å². The van der Waals surface area contributed by atoms with Crippen LogP contribution in [0.25, 0.3) is 0 Å². The third kappa shape index (κ3) is 2.54. The monoisotopic (exact) mass is 206 g/mol. The Morgan fingerprint density at radius 3 is 1.50 bits per heavy atom. The number of rotatable bonds is 4. The van der Waals surface area contributed by atoms with Crippen molar-refractivity contribution in [3.63, 3.8) is 0 Å². The Bertz CT molecular complexity index is 231. The molecule has 0 aliphatic heterocycles. The summed E-state index contributed by atoms with van der Waals surface area (Å²) in [5.41, 5.74) is 0. The van der Waals surface area contributed by atoms with E-state index in [9.17, 15) is 25.0 Å². The first-order valence-electron chi connectivity index (χ1n) is 3.83. The number of hydrogen-bond acceptors (Lipinski definition) is 5. The van der Waals surface area contributed by atoms with E-state index in [-0.39, 0.29) is 23.1 Å². The summed E-state index contributed by atoms with van der Waals surface area (Å²) >= 11 is 0. The molecule has 0 aliphatic rings. The molecule has 0 rings (SSSR count). The number of carbonyl (C=O) groups is 1. The number of nitrogens with zero attached hydrogens (tertiary/aromatic N) is 4. The maximum Gasteiger partial charge on any atom is 0.435 e. The van der Waals surface area contributed by atoms with Gasteiger partial charge in [-0.15, -0.1) is 0 Å². The number of amides is 2. The van der Waals surface area contributed by atoms with Gasteiger partial charge in [-0.1, -0.05) is 0 Å². The molecular formula is C5H10N4O5. The van der Waals surface area contributed by atoms with Gasteiger partial charge in [-0.2, -0.15) is 0 Å². The highest BCUT2D eigenvalue weighted by molar-refractivity contribution is 5.71. The SMILES string of the molecule is CCN(C(=O)N(CC)[N+](=O)[O-])[N+](=O)[O-]. The molecule has 0 atom stereocenters. The quantitative estimate of drug-likeness (QED) is 0.479. The Morgan fingerprint density at radius 2 is 1.36 bits per heavy atom. The van der Waals surface area contributed by atoms with Gasteiger partial charge in [-0.3, -0.25) is 0 Å². The van der Waals surface area contributed by atoms with Crippen LogP contribution in [-0.4, -0.2) is 39.2 Å². The lowest BCUT2D eigenvalue weighted by Crippen LogP contribution is -2.48. The van der Waals surface area contributed by atoms with Gasteiger partial charge in [-0.05, 0) is 23.9 Å². The van der Waals surface area contributed by atoms with E-state index >= 15 is 0 Å². The fourth-order valence-electron chi connectivity index (χ4n) is 0.774. The number of nitro groups is 2. The van der Waals surface area contributed by atoms with Crippen molar-refractivity contribution >= 4 is 6.03 Å². The van der Waals surface area contributed by atoms with Crippen molar-refractivity contribution in [1.82, 2.24) is 10.0 Å². The molecule has 0 saturated carbocycles. The third-order valence-electron chi connectivity index (χ3n) is 1.43. The summed E-state index contributed by atoms with van der Waals surface area (Å²) in [4.78, 5) is 31.7. The fourth-order valence-corrected chi connectivity index (χ4v) is 0.774. The van der Waals surface area contributed by atoms with Crippen LogP contribution in [0.15, 0.2) is 0 Å². The van der Waals surface area contributed by atoms with Gasteiger partial charge >= 0.3 is 6.03 Å². The van der Waals surface area contributed by atoms with Crippen LogP contribution < -0.4 is 0 Å². The number of hydrazine groups is 2. The lowest BCUT2D eigenvalue weighted by atomic mass is 10.6. The molecule has 0 saturated heterocycles. The smallest absolute Gasteiger partial charge is 0.237 e. The zero-order chi connectivity index (χ0) is 11.3. The molecule has 0 aromatic carbocycles. The Kier molecular flexibility index (Phi) is 4.26. The van der Waals surface area contributed by atoms with Crippen LogP contribution in [0.4, 0.5) is 4.79 Å². The summed E-state index contributed by atoms with van der Waals surface area (Å²) in [7, 11) is 0. The minimum absolute atomic E-state index is 0.173. The van der Waals surface area contributed by atoms with E-state index in [1.165, 1.54) is 13.8 Å². The van der Waals surface area contributed by atoms with E-state index in [2.05, 4.69) is 0 Å². The number of hydrogen-bond donors (Lipinski definition) is 0. The maximum atomic E-state index is 11.2. The largest absolute Gasteiger partial charge is 0.435 e. The van der Waals surface area contributed by atoms with Crippen LogP contribution in [0, 0.1) is 20.2 Å². The Morgan fingerprint density at radius 1 is 1.07 bits per heavy atom. The fraction of sp³-hybridized carbons (Fsp3) is 0.800. The summed E-state index contributed by atoms with van der Waals surface area (Å²) < 4.78 is 0. The van der Waals surface area contributed by atoms with Crippen LogP contribution in [0.2, 0.25) is 0 Å². The summed E-state index contributed by atoms with van der Waals surface area (Å²) in [6.45, 7) is 2.26. The van der Waals surface area contributed by atoms with Crippen molar-refractivity contribution in [3.05, 3.63) is 20.2 Å². The summed E-state index contributed by atoms with van der Waals surface area (Å²) in [5, 5.41) is 18.9. The zero-order valence-corrected chi connectivity index (χ0v) is 7.74. The normalized spacial score (nSPS) is 9.29. The van der Waals surface area contributed by atoms with E-state index in [4.69, 9.17) is 0 Å². The van der Waals surface area contributed by atoms with E-state index < -0.39 is 16.1 Å². The Balaban J connectivity index is 4.71. The molecule has 0 aliphatic carbocycles. The van der Waals surface area contributed by atoms with E-state index in [0.717, 1.165) is 0 Å².